The van der Waals surface area contributed by atoms with Gasteiger partial charge in [0.25, 0.3) is 0 Å². The van der Waals surface area contributed by atoms with E-state index in [1.54, 1.807) is 0 Å². The van der Waals surface area contributed by atoms with Gasteiger partial charge in [-0.3, -0.25) is 0 Å². The van der Waals surface area contributed by atoms with Crippen molar-refractivity contribution in [3.8, 4) is 0 Å². The van der Waals surface area contributed by atoms with Gasteiger partial charge in [0.05, 0.1) is 23.9 Å². The summed E-state index contributed by atoms with van der Waals surface area (Å²) in [6, 6.07) is 0. The zero-order chi connectivity index (χ0) is 11.5. The van der Waals surface area contributed by atoms with Crippen LogP contribution in [0.5, 0.6) is 0 Å². The molecule has 0 spiro atoms. The van der Waals surface area contributed by atoms with Crippen molar-refractivity contribution in [3.05, 3.63) is 0 Å². The Hall–Kier alpha value is -0.0800. The molecule has 0 N–H and O–H groups in total. The summed E-state index contributed by atoms with van der Waals surface area (Å²) in [5.74, 6) is 0. The van der Waals surface area contributed by atoms with Gasteiger partial charge in [0.15, 0.2) is 0 Å². The molecule has 0 saturated heterocycles. The second kappa shape index (κ2) is 5.31. The van der Waals surface area contributed by atoms with Gasteiger partial charge in [0.1, 0.15) is 0 Å². The average Bonchev–Trinajstić information content (AvgIpc) is 1.99. The van der Waals surface area contributed by atoms with Crippen LogP contribution in [0.15, 0.2) is 0 Å². The monoisotopic (exact) mass is 214 g/mol. The Bertz CT molecular complexity index is 181. The molecule has 2 nitrogen and oxygen atoms in total. The fourth-order valence-corrected chi connectivity index (χ4v) is 2.22. The lowest BCUT2D eigenvalue weighted by Gasteiger charge is -2.34. The third-order valence-electron chi connectivity index (χ3n) is 2.56. The van der Waals surface area contributed by atoms with Gasteiger partial charge >= 0.3 is 0 Å². The lowest BCUT2D eigenvalue weighted by Crippen LogP contribution is -2.35. The van der Waals surface area contributed by atoms with Crippen molar-refractivity contribution in [2.24, 2.45) is 0 Å². The summed E-state index contributed by atoms with van der Waals surface area (Å²) in [7, 11) is 0. The van der Waals surface area contributed by atoms with Crippen molar-refractivity contribution in [2.45, 2.75) is 84.2 Å². The van der Waals surface area contributed by atoms with Crippen LogP contribution in [0.1, 0.15) is 60.3 Å². The topological polar surface area (TPSA) is 18.5 Å². The SMILES string of the molecule is CC(C)OC1CCCC(OC(C)(C)C)C1. The Morgan fingerprint density at radius 3 is 2.20 bits per heavy atom. The molecule has 0 radical (unpaired) electrons. The number of hydrogen-bond donors (Lipinski definition) is 0. The first-order valence-corrected chi connectivity index (χ1v) is 6.20. The van der Waals surface area contributed by atoms with Gasteiger partial charge in [0.2, 0.25) is 0 Å². The minimum atomic E-state index is -0.0234. The summed E-state index contributed by atoms with van der Waals surface area (Å²) in [6.07, 6.45) is 5.82. The molecule has 1 fully saturated rings. The normalized spacial score (nSPS) is 28.4. The average molecular weight is 214 g/mol. The van der Waals surface area contributed by atoms with Crippen molar-refractivity contribution in [1.29, 1.82) is 0 Å². The Kier molecular flexibility index (Phi) is 4.60. The maximum Gasteiger partial charge on any atom is 0.0607 e. The van der Waals surface area contributed by atoms with Gasteiger partial charge in [-0.05, 0) is 60.3 Å². The molecule has 0 heterocycles. The third-order valence-corrected chi connectivity index (χ3v) is 2.56. The van der Waals surface area contributed by atoms with Gasteiger partial charge in [-0.25, -0.2) is 0 Å². The quantitative estimate of drug-likeness (QED) is 0.715. The number of hydrogen-bond acceptors (Lipinski definition) is 2. The zero-order valence-corrected chi connectivity index (χ0v) is 10.9. The number of ether oxygens (including phenoxy) is 2. The highest BCUT2D eigenvalue weighted by atomic mass is 16.5. The fourth-order valence-electron chi connectivity index (χ4n) is 2.22. The summed E-state index contributed by atoms with van der Waals surface area (Å²) >= 11 is 0. The second-order valence-corrected chi connectivity index (χ2v) is 5.83. The summed E-state index contributed by atoms with van der Waals surface area (Å²) in [5.41, 5.74) is -0.0234. The second-order valence-electron chi connectivity index (χ2n) is 5.83. The molecular weight excluding hydrogens is 188 g/mol. The van der Waals surface area contributed by atoms with Gasteiger partial charge < -0.3 is 9.47 Å². The Morgan fingerprint density at radius 1 is 1.07 bits per heavy atom. The van der Waals surface area contributed by atoms with E-state index in [0.29, 0.717) is 18.3 Å². The molecule has 2 unspecified atom stereocenters. The Balaban J connectivity index is 2.35. The summed E-state index contributed by atoms with van der Waals surface area (Å²) < 4.78 is 11.9. The maximum absolute atomic E-state index is 6.01. The van der Waals surface area contributed by atoms with Crippen LogP contribution in [-0.2, 0) is 9.47 Å². The predicted molar refractivity (Wildman–Crippen MR) is 63.1 cm³/mol. The molecule has 1 saturated carbocycles. The maximum atomic E-state index is 6.01. The molecule has 2 atom stereocenters. The molecule has 1 aliphatic rings. The highest BCUT2D eigenvalue weighted by molar-refractivity contribution is 4.76. The van der Waals surface area contributed by atoms with E-state index >= 15 is 0 Å². The van der Waals surface area contributed by atoms with Crippen molar-refractivity contribution in [3.63, 3.8) is 0 Å². The Labute approximate surface area is 94.3 Å². The molecule has 0 aromatic heterocycles. The van der Waals surface area contributed by atoms with Crippen LogP contribution in [0.2, 0.25) is 0 Å². The van der Waals surface area contributed by atoms with E-state index < -0.39 is 0 Å². The minimum Gasteiger partial charge on any atom is -0.375 e. The fraction of sp³-hybridized carbons (Fsp3) is 1.00. The van der Waals surface area contributed by atoms with Crippen LogP contribution in [-0.4, -0.2) is 23.9 Å². The van der Waals surface area contributed by atoms with E-state index in [0.717, 1.165) is 6.42 Å². The third kappa shape index (κ3) is 5.53. The number of rotatable bonds is 3. The molecule has 2 heteroatoms. The molecule has 0 bridgehead atoms. The first-order chi connectivity index (χ1) is 6.87. The van der Waals surface area contributed by atoms with Crippen molar-refractivity contribution < 1.29 is 9.47 Å². The largest absolute Gasteiger partial charge is 0.375 e. The molecular formula is C13H26O2. The zero-order valence-electron chi connectivity index (χ0n) is 10.9. The molecule has 0 aromatic rings. The van der Waals surface area contributed by atoms with Crippen molar-refractivity contribution in [1.82, 2.24) is 0 Å². The predicted octanol–water partition coefficient (Wildman–Crippen LogP) is 3.54. The van der Waals surface area contributed by atoms with E-state index in [9.17, 15) is 0 Å². The summed E-state index contributed by atoms with van der Waals surface area (Å²) in [4.78, 5) is 0. The van der Waals surface area contributed by atoms with E-state index in [1.807, 2.05) is 0 Å². The van der Waals surface area contributed by atoms with E-state index in [2.05, 4.69) is 34.6 Å². The summed E-state index contributed by atoms with van der Waals surface area (Å²) in [6.45, 7) is 10.6. The molecule has 0 amide bonds. The van der Waals surface area contributed by atoms with Gasteiger partial charge in [-0.1, -0.05) is 0 Å². The van der Waals surface area contributed by atoms with E-state index in [-0.39, 0.29) is 5.60 Å². The van der Waals surface area contributed by atoms with Crippen LogP contribution < -0.4 is 0 Å². The van der Waals surface area contributed by atoms with Crippen LogP contribution >= 0.6 is 0 Å². The first-order valence-electron chi connectivity index (χ1n) is 6.20. The molecule has 90 valence electrons. The lowest BCUT2D eigenvalue weighted by atomic mass is 9.94. The lowest BCUT2D eigenvalue weighted by molar-refractivity contribution is -0.111. The standard InChI is InChI=1S/C13H26O2/c1-10(2)14-11-7-6-8-12(9-11)15-13(3,4)5/h10-12H,6-9H2,1-5H3. The minimum absolute atomic E-state index is 0.0234. The first kappa shape index (κ1) is 13.0. The van der Waals surface area contributed by atoms with Crippen LogP contribution in [0.3, 0.4) is 0 Å². The van der Waals surface area contributed by atoms with Gasteiger partial charge in [0, 0.05) is 0 Å². The van der Waals surface area contributed by atoms with E-state index in [1.165, 1.54) is 19.3 Å². The molecule has 15 heavy (non-hydrogen) atoms. The highest BCUT2D eigenvalue weighted by Gasteiger charge is 2.27. The van der Waals surface area contributed by atoms with Crippen LogP contribution in [0.25, 0.3) is 0 Å². The van der Waals surface area contributed by atoms with Crippen molar-refractivity contribution >= 4 is 0 Å². The van der Waals surface area contributed by atoms with Gasteiger partial charge in [-0.2, -0.15) is 0 Å². The summed E-state index contributed by atoms with van der Waals surface area (Å²) in [5, 5.41) is 0. The van der Waals surface area contributed by atoms with Crippen molar-refractivity contribution in [2.75, 3.05) is 0 Å². The molecule has 0 aliphatic heterocycles. The Morgan fingerprint density at radius 2 is 1.67 bits per heavy atom. The van der Waals surface area contributed by atoms with Crippen LogP contribution in [0, 0.1) is 0 Å². The van der Waals surface area contributed by atoms with Gasteiger partial charge in [-0.15, -0.1) is 0 Å². The van der Waals surface area contributed by atoms with E-state index in [4.69, 9.17) is 9.47 Å². The molecule has 1 rings (SSSR count). The smallest absolute Gasteiger partial charge is 0.0607 e. The molecule has 0 aromatic carbocycles. The van der Waals surface area contributed by atoms with Crippen LogP contribution in [0.4, 0.5) is 0 Å². The molecule has 1 aliphatic carbocycles. The highest BCUT2D eigenvalue weighted by Crippen LogP contribution is 2.27.